The van der Waals surface area contributed by atoms with Gasteiger partial charge in [-0.05, 0) is 44.0 Å². The van der Waals surface area contributed by atoms with Crippen LogP contribution in [-0.2, 0) is 9.47 Å². The van der Waals surface area contributed by atoms with Crippen molar-refractivity contribution in [1.82, 2.24) is 0 Å². The Morgan fingerprint density at radius 2 is 2.05 bits per heavy atom. The molecule has 118 valence electrons. The van der Waals surface area contributed by atoms with Crippen LogP contribution in [0, 0.1) is 6.92 Å². The molecule has 0 aliphatic carbocycles. The fourth-order valence-electron chi connectivity index (χ4n) is 2.00. The minimum atomic E-state index is -0.403. The van der Waals surface area contributed by atoms with Crippen LogP contribution < -0.4 is 10.2 Å². The maximum absolute atomic E-state index is 11.6. The average Bonchev–Trinajstić information content (AvgIpc) is 2.48. The summed E-state index contributed by atoms with van der Waals surface area (Å²) < 4.78 is 10.1. The number of hydrogen-bond acceptors (Lipinski definition) is 4. The van der Waals surface area contributed by atoms with Crippen LogP contribution in [0.4, 0.5) is 16.2 Å². The van der Waals surface area contributed by atoms with Gasteiger partial charge in [-0.15, -0.1) is 0 Å². The molecule has 1 aromatic rings. The smallest absolute Gasteiger partial charge is 0.411 e. The monoisotopic (exact) mass is 294 g/mol. The lowest BCUT2D eigenvalue weighted by Crippen LogP contribution is -2.26. The minimum absolute atomic E-state index is 0.403. The highest BCUT2D eigenvalue weighted by atomic mass is 16.5. The molecule has 0 spiro atoms. The Balaban J connectivity index is 2.72. The Kier molecular flexibility index (Phi) is 7.61. The first kappa shape index (κ1) is 17.3. The summed E-state index contributed by atoms with van der Waals surface area (Å²) >= 11 is 0. The topological polar surface area (TPSA) is 50.8 Å². The molecule has 0 saturated carbocycles. The zero-order valence-electron chi connectivity index (χ0n) is 13.4. The van der Waals surface area contributed by atoms with Crippen molar-refractivity contribution >= 4 is 17.5 Å². The number of nitrogens with zero attached hydrogens (tertiary/aromatic N) is 1. The second kappa shape index (κ2) is 9.23. The molecule has 0 saturated heterocycles. The quantitative estimate of drug-likeness (QED) is 0.798. The average molecular weight is 294 g/mol. The SMILES string of the molecule is CCCOC(=O)Nc1ccc(N(CC)CCOC)cc1C. The van der Waals surface area contributed by atoms with Gasteiger partial charge in [-0.25, -0.2) is 4.79 Å². The van der Waals surface area contributed by atoms with Gasteiger partial charge < -0.3 is 14.4 Å². The highest BCUT2D eigenvalue weighted by molar-refractivity contribution is 5.86. The molecule has 1 amide bonds. The first-order valence-corrected chi connectivity index (χ1v) is 7.40. The summed E-state index contributed by atoms with van der Waals surface area (Å²) in [7, 11) is 1.70. The van der Waals surface area contributed by atoms with Crippen molar-refractivity contribution in [3.8, 4) is 0 Å². The molecule has 5 nitrogen and oxygen atoms in total. The van der Waals surface area contributed by atoms with Crippen LogP contribution in [-0.4, -0.2) is 39.5 Å². The summed E-state index contributed by atoms with van der Waals surface area (Å²) in [6.07, 6.45) is 0.412. The first-order chi connectivity index (χ1) is 10.1. The molecule has 1 rings (SSSR count). The van der Waals surface area contributed by atoms with E-state index in [2.05, 4.69) is 23.2 Å². The molecule has 0 aromatic heterocycles. The molecule has 0 unspecified atom stereocenters. The molecular weight excluding hydrogens is 268 g/mol. The van der Waals surface area contributed by atoms with E-state index >= 15 is 0 Å². The molecule has 1 aromatic carbocycles. The summed E-state index contributed by atoms with van der Waals surface area (Å²) in [6.45, 7) is 8.93. The van der Waals surface area contributed by atoms with Crippen LogP contribution in [0.5, 0.6) is 0 Å². The zero-order chi connectivity index (χ0) is 15.7. The fourth-order valence-corrected chi connectivity index (χ4v) is 2.00. The first-order valence-electron chi connectivity index (χ1n) is 7.40. The Morgan fingerprint density at radius 1 is 1.29 bits per heavy atom. The van der Waals surface area contributed by atoms with Crippen LogP contribution in [0.3, 0.4) is 0 Å². The predicted octanol–water partition coefficient (Wildman–Crippen LogP) is 3.43. The maximum Gasteiger partial charge on any atom is 0.411 e. The standard InChI is InChI=1S/C16H26N2O3/c1-5-10-21-16(19)17-15-8-7-14(12-13(15)3)18(6-2)9-11-20-4/h7-8,12H,5-6,9-11H2,1-4H3,(H,17,19). The van der Waals surface area contributed by atoms with Crippen molar-refractivity contribution in [3.05, 3.63) is 23.8 Å². The number of anilines is 2. The van der Waals surface area contributed by atoms with Crippen LogP contribution >= 0.6 is 0 Å². The molecule has 21 heavy (non-hydrogen) atoms. The van der Waals surface area contributed by atoms with E-state index in [1.807, 2.05) is 26.0 Å². The maximum atomic E-state index is 11.6. The van der Waals surface area contributed by atoms with Crippen molar-refractivity contribution in [2.24, 2.45) is 0 Å². The molecule has 0 radical (unpaired) electrons. The number of carbonyl (C=O) groups excluding carboxylic acids is 1. The van der Waals surface area contributed by atoms with Crippen molar-refractivity contribution in [3.63, 3.8) is 0 Å². The van der Waals surface area contributed by atoms with Gasteiger partial charge in [0.15, 0.2) is 0 Å². The number of ether oxygens (including phenoxy) is 2. The minimum Gasteiger partial charge on any atom is -0.449 e. The molecule has 0 fully saturated rings. The third-order valence-corrected chi connectivity index (χ3v) is 3.20. The second-order valence-electron chi connectivity index (χ2n) is 4.83. The third kappa shape index (κ3) is 5.63. The molecule has 0 atom stereocenters. The predicted molar refractivity (Wildman–Crippen MR) is 86.2 cm³/mol. The van der Waals surface area contributed by atoms with E-state index in [1.54, 1.807) is 7.11 Å². The third-order valence-electron chi connectivity index (χ3n) is 3.20. The number of aryl methyl sites for hydroxylation is 1. The number of hydrogen-bond donors (Lipinski definition) is 1. The van der Waals surface area contributed by atoms with Crippen LogP contribution in [0.1, 0.15) is 25.8 Å². The van der Waals surface area contributed by atoms with Gasteiger partial charge in [-0.1, -0.05) is 6.92 Å². The second-order valence-corrected chi connectivity index (χ2v) is 4.83. The normalized spacial score (nSPS) is 10.3. The fraction of sp³-hybridized carbons (Fsp3) is 0.562. The summed E-state index contributed by atoms with van der Waals surface area (Å²) in [5.41, 5.74) is 2.92. The number of nitrogens with one attached hydrogen (secondary N) is 1. The van der Waals surface area contributed by atoms with Crippen LogP contribution in [0.2, 0.25) is 0 Å². The van der Waals surface area contributed by atoms with Crippen molar-refractivity contribution < 1.29 is 14.3 Å². The summed E-state index contributed by atoms with van der Waals surface area (Å²) in [4.78, 5) is 13.8. The number of carbonyl (C=O) groups is 1. The van der Waals surface area contributed by atoms with E-state index in [0.29, 0.717) is 13.2 Å². The summed E-state index contributed by atoms with van der Waals surface area (Å²) in [5.74, 6) is 0. The van der Waals surface area contributed by atoms with Crippen molar-refractivity contribution in [1.29, 1.82) is 0 Å². The van der Waals surface area contributed by atoms with Crippen LogP contribution in [0.15, 0.2) is 18.2 Å². The lowest BCUT2D eigenvalue weighted by molar-refractivity contribution is 0.161. The van der Waals surface area contributed by atoms with Gasteiger partial charge in [0.25, 0.3) is 0 Å². The lowest BCUT2D eigenvalue weighted by atomic mass is 10.1. The Morgan fingerprint density at radius 3 is 2.62 bits per heavy atom. The Hall–Kier alpha value is -1.75. The molecule has 0 aliphatic rings. The van der Waals surface area contributed by atoms with Gasteiger partial charge in [0.2, 0.25) is 0 Å². The lowest BCUT2D eigenvalue weighted by Gasteiger charge is -2.23. The molecule has 1 N–H and O–H groups in total. The number of benzene rings is 1. The van der Waals surface area contributed by atoms with Crippen LogP contribution in [0.25, 0.3) is 0 Å². The Bertz CT molecular complexity index is 449. The Labute approximate surface area is 127 Å². The van der Waals surface area contributed by atoms with Gasteiger partial charge in [0.05, 0.1) is 13.2 Å². The van der Waals surface area contributed by atoms with Gasteiger partial charge in [0.1, 0.15) is 0 Å². The largest absolute Gasteiger partial charge is 0.449 e. The van der Waals surface area contributed by atoms with E-state index in [4.69, 9.17) is 9.47 Å². The van der Waals surface area contributed by atoms with Gasteiger partial charge in [-0.2, -0.15) is 0 Å². The van der Waals surface area contributed by atoms with E-state index in [1.165, 1.54) is 0 Å². The molecule has 0 aliphatic heterocycles. The van der Waals surface area contributed by atoms with Crippen molar-refractivity contribution in [2.75, 3.05) is 43.6 Å². The molecule has 5 heteroatoms. The number of amides is 1. The highest BCUT2D eigenvalue weighted by Crippen LogP contribution is 2.22. The van der Waals surface area contributed by atoms with E-state index in [0.717, 1.165) is 36.4 Å². The number of methoxy groups -OCH3 is 1. The molecule has 0 heterocycles. The van der Waals surface area contributed by atoms with E-state index in [9.17, 15) is 4.79 Å². The molecule has 0 bridgehead atoms. The summed E-state index contributed by atoms with van der Waals surface area (Å²) in [6, 6.07) is 5.98. The number of rotatable bonds is 8. The molecular formula is C16H26N2O3. The van der Waals surface area contributed by atoms with E-state index in [-0.39, 0.29) is 0 Å². The highest BCUT2D eigenvalue weighted by Gasteiger charge is 2.09. The van der Waals surface area contributed by atoms with E-state index < -0.39 is 6.09 Å². The van der Waals surface area contributed by atoms with Gasteiger partial charge in [-0.3, -0.25) is 5.32 Å². The zero-order valence-corrected chi connectivity index (χ0v) is 13.4. The number of likely N-dealkylation sites (N-methyl/N-ethyl adjacent to an activating group) is 1. The van der Waals surface area contributed by atoms with Gasteiger partial charge >= 0.3 is 6.09 Å². The summed E-state index contributed by atoms with van der Waals surface area (Å²) in [5, 5.41) is 2.77. The van der Waals surface area contributed by atoms with Gasteiger partial charge in [0, 0.05) is 31.6 Å². The van der Waals surface area contributed by atoms with Crippen molar-refractivity contribution in [2.45, 2.75) is 27.2 Å².